The molecular weight excluding hydrogens is 220 g/mol. The Labute approximate surface area is 102 Å². The van der Waals surface area contributed by atoms with Gasteiger partial charge in [0.25, 0.3) is 0 Å². The summed E-state index contributed by atoms with van der Waals surface area (Å²) >= 11 is 2.11. The fourth-order valence-corrected chi connectivity index (χ4v) is 4.39. The van der Waals surface area contributed by atoms with E-state index in [1.54, 1.807) is 0 Å². The van der Waals surface area contributed by atoms with Gasteiger partial charge in [0.15, 0.2) is 0 Å². The van der Waals surface area contributed by atoms with Crippen molar-refractivity contribution >= 4 is 17.7 Å². The standard InChI is InChI=1S/C12H22N2OS/c1-13-9-11(15)14-7-8-16-12(10-14)5-3-2-4-6-12/h13H,2-10H2,1H3. The number of carbonyl (C=O) groups is 1. The van der Waals surface area contributed by atoms with Gasteiger partial charge in [-0.1, -0.05) is 19.3 Å². The van der Waals surface area contributed by atoms with Crippen molar-refractivity contribution in [2.75, 3.05) is 32.4 Å². The zero-order valence-corrected chi connectivity index (χ0v) is 10.9. The molecule has 92 valence electrons. The molecule has 0 bridgehead atoms. The first-order valence-corrected chi connectivity index (χ1v) is 7.31. The minimum absolute atomic E-state index is 0.271. The van der Waals surface area contributed by atoms with Gasteiger partial charge in [0.1, 0.15) is 0 Å². The maximum Gasteiger partial charge on any atom is 0.236 e. The summed E-state index contributed by atoms with van der Waals surface area (Å²) in [5, 5.41) is 2.96. The Balaban J connectivity index is 1.94. The molecule has 1 N–H and O–H groups in total. The van der Waals surface area contributed by atoms with Crippen LogP contribution in [0.15, 0.2) is 0 Å². The lowest BCUT2D eigenvalue weighted by Gasteiger charge is -2.44. The second-order valence-electron chi connectivity index (χ2n) is 4.94. The Kier molecular flexibility index (Phi) is 4.14. The van der Waals surface area contributed by atoms with Gasteiger partial charge >= 0.3 is 0 Å². The van der Waals surface area contributed by atoms with Crippen LogP contribution in [0.5, 0.6) is 0 Å². The van der Waals surface area contributed by atoms with Gasteiger partial charge in [-0.2, -0.15) is 11.8 Å². The molecule has 2 fully saturated rings. The number of hydrogen-bond donors (Lipinski definition) is 1. The SMILES string of the molecule is CNCC(=O)N1CCSC2(CCCCC2)C1. The van der Waals surface area contributed by atoms with Gasteiger partial charge in [-0.05, 0) is 19.9 Å². The largest absolute Gasteiger partial charge is 0.339 e. The van der Waals surface area contributed by atoms with Crippen molar-refractivity contribution in [3.8, 4) is 0 Å². The molecule has 0 radical (unpaired) electrons. The first-order chi connectivity index (χ1) is 7.76. The van der Waals surface area contributed by atoms with Gasteiger partial charge in [-0.25, -0.2) is 0 Å². The predicted octanol–water partition coefficient (Wildman–Crippen LogP) is 1.48. The predicted molar refractivity (Wildman–Crippen MR) is 68.8 cm³/mol. The second-order valence-corrected chi connectivity index (χ2v) is 6.50. The number of nitrogens with zero attached hydrogens (tertiary/aromatic N) is 1. The van der Waals surface area contributed by atoms with Crippen LogP contribution in [0.4, 0.5) is 0 Å². The van der Waals surface area contributed by atoms with E-state index >= 15 is 0 Å². The molecule has 1 amide bonds. The molecular formula is C12H22N2OS. The molecule has 1 saturated heterocycles. The van der Waals surface area contributed by atoms with E-state index in [-0.39, 0.29) is 5.91 Å². The smallest absolute Gasteiger partial charge is 0.236 e. The van der Waals surface area contributed by atoms with E-state index in [4.69, 9.17) is 0 Å². The molecule has 0 aromatic rings. The summed E-state index contributed by atoms with van der Waals surface area (Å²) in [6, 6.07) is 0. The molecule has 16 heavy (non-hydrogen) atoms. The molecule has 0 atom stereocenters. The van der Waals surface area contributed by atoms with E-state index in [0.29, 0.717) is 11.3 Å². The minimum Gasteiger partial charge on any atom is -0.339 e. The highest BCUT2D eigenvalue weighted by Crippen LogP contribution is 2.42. The normalized spacial score (nSPS) is 24.7. The molecule has 3 nitrogen and oxygen atoms in total. The average molecular weight is 242 g/mol. The average Bonchev–Trinajstić information content (AvgIpc) is 2.30. The van der Waals surface area contributed by atoms with E-state index in [1.807, 2.05) is 7.05 Å². The molecule has 1 spiro atoms. The van der Waals surface area contributed by atoms with Gasteiger partial charge < -0.3 is 10.2 Å². The topological polar surface area (TPSA) is 32.3 Å². The highest BCUT2D eigenvalue weighted by Gasteiger charge is 2.38. The van der Waals surface area contributed by atoms with E-state index in [9.17, 15) is 4.79 Å². The Bertz CT molecular complexity index is 246. The van der Waals surface area contributed by atoms with Gasteiger partial charge in [-0.15, -0.1) is 0 Å². The summed E-state index contributed by atoms with van der Waals surface area (Å²) in [7, 11) is 1.84. The Morgan fingerprint density at radius 1 is 1.38 bits per heavy atom. The van der Waals surface area contributed by atoms with Crippen molar-refractivity contribution in [3.63, 3.8) is 0 Å². The van der Waals surface area contributed by atoms with Gasteiger partial charge in [0.05, 0.1) is 6.54 Å². The molecule has 1 saturated carbocycles. The molecule has 2 aliphatic rings. The molecule has 0 unspecified atom stereocenters. The quantitative estimate of drug-likeness (QED) is 0.796. The van der Waals surface area contributed by atoms with Crippen LogP contribution in [0.3, 0.4) is 0 Å². The number of nitrogens with one attached hydrogen (secondary N) is 1. The van der Waals surface area contributed by atoms with Crippen LogP contribution >= 0.6 is 11.8 Å². The van der Waals surface area contributed by atoms with Crippen molar-refractivity contribution in [2.45, 2.75) is 36.9 Å². The maximum absolute atomic E-state index is 11.9. The van der Waals surface area contributed by atoms with Crippen molar-refractivity contribution in [3.05, 3.63) is 0 Å². The zero-order valence-electron chi connectivity index (χ0n) is 10.1. The van der Waals surface area contributed by atoms with Crippen molar-refractivity contribution < 1.29 is 4.79 Å². The lowest BCUT2D eigenvalue weighted by Crippen LogP contribution is -2.51. The first-order valence-electron chi connectivity index (χ1n) is 6.32. The van der Waals surface area contributed by atoms with Crippen LogP contribution in [0.1, 0.15) is 32.1 Å². The monoisotopic (exact) mass is 242 g/mol. The van der Waals surface area contributed by atoms with Gasteiger partial charge in [0.2, 0.25) is 5.91 Å². The molecule has 0 aromatic carbocycles. The minimum atomic E-state index is 0.271. The number of amides is 1. The van der Waals surface area contributed by atoms with Crippen molar-refractivity contribution in [1.82, 2.24) is 10.2 Å². The van der Waals surface area contributed by atoms with Crippen LogP contribution in [0, 0.1) is 0 Å². The van der Waals surface area contributed by atoms with Gasteiger partial charge in [-0.3, -0.25) is 4.79 Å². The molecule has 1 heterocycles. The Hall–Kier alpha value is -0.220. The number of likely N-dealkylation sites (N-methyl/N-ethyl adjacent to an activating group) is 1. The Morgan fingerprint density at radius 3 is 2.81 bits per heavy atom. The maximum atomic E-state index is 11.9. The van der Waals surface area contributed by atoms with Crippen LogP contribution in [0.2, 0.25) is 0 Å². The van der Waals surface area contributed by atoms with E-state index in [0.717, 1.165) is 18.8 Å². The van der Waals surface area contributed by atoms with Crippen molar-refractivity contribution in [1.29, 1.82) is 0 Å². The van der Waals surface area contributed by atoms with Gasteiger partial charge in [0, 0.05) is 23.6 Å². The van der Waals surface area contributed by atoms with Crippen LogP contribution < -0.4 is 5.32 Å². The summed E-state index contributed by atoms with van der Waals surface area (Å²) in [5.74, 6) is 1.39. The summed E-state index contributed by atoms with van der Waals surface area (Å²) in [6.07, 6.45) is 6.69. The van der Waals surface area contributed by atoms with E-state index < -0.39 is 0 Å². The summed E-state index contributed by atoms with van der Waals surface area (Å²) in [6.45, 7) is 2.41. The highest BCUT2D eigenvalue weighted by molar-refractivity contribution is 8.00. The third kappa shape index (κ3) is 2.72. The summed E-state index contributed by atoms with van der Waals surface area (Å²) in [5.41, 5.74) is 0. The third-order valence-corrected chi connectivity index (χ3v) is 5.23. The molecule has 1 aliphatic heterocycles. The number of rotatable bonds is 2. The third-order valence-electron chi connectivity index (χ3n) is 3.69. The molecule has 0 aromatic heterocycles. The van der Waals surface area contributed by atoms with E-state index in [2.05, 4.69) is 22.0 Å². The summed E-state index contributed by atoms with van der Waals surface area (Å²) < 4.78 is 0.403. The highest BCUT2D eigenvalue weighted by atomic mass is 32.2. The number of thioether (sulfide) groups is 1. The second kappa shape index (κ2) is 5.41. The first kappa shape index (κ1) is 12.2. The molecule has 4 heteroatoms. The number of hydrogen-bond acceptors (Lipinski definition) is 3. The lowest BCUT2D eigenvalue weighted by atomic mass is 9.87. The zero-order chi connectivity index (χ0) is 11.4. The van der Waals surface area contributed by atoms with Crippen LogP contribution in [-0.2, 0) is 4.79 Å². The summed E-state index contributed by atoms with van der Waals surface area (Å²) in [4.78, 5) is 13.9. The van der Waals surface area contributed by atoms with Crippen molar-refractivity contribution in [2.24, 2.45) is 0 Å². The van der Waals surface area contributed by atoms with Crippen LogP contribution in [-0.4, -0.2) is 48.0 Å². The Morgan fingerprint density at radius 2 is 2.12 bits per heavy atom. The molecule has 2 rings (SSSR count). The van der Waals surface area contributed by atoms with Crippen LogP contribution in [0.25, 0.3) is 0 Å². The fraction of sp³-hybridized carbons (Fsp3) is 0.917. The fourth-order valence-electron chi connectivity index (χ4n) is 2.82. The lowest BCUT2D eigenvalue weighted by molar-refractivity contribution is -0.130. The number of carbonyl (C=O) groups excluding carboxylic acids is 1. The van der Waals surface area contributed by atoms with E-state index in [1.165, 1.54) is 32.1 Å². The molecule has 1 aliphatic carbocycles.